The molecule has 1 aliphatic rings. The molecule has 23 heavy (non-hydrogen) atoms. The maximum absolute atomic E-state index is 13.0. The predicted molar refractivity (Wildman–Crippen MR) is 88.6 cm³/mol. The van der Waals surface area contributed by atoms with E-state index in [2.05, 4.69) is 21.2 Å². The van der Waals surface area contributed by atoms with Gasteiger partial charge in [-0.05, 0) is 53.9 Å². The molecule has 0 saturated heterocycles. The Balaban J connectivity index is 1.90. The fraction of sp³-hybridized carbons (Fsp3) is 0.529. The van der Waals surface area contributed by atoms with Crippen molar-refractivity contribution in [3.05, 3.63) is 34.1 Å². The Morgan fingerprint density at radius 2 is 1.91 bits per heavy atom. The van der Waals surface area contributed by atoms with Gasteiger partial charge in [0.2, 0.25) is 0 Å². The molecule has 4 nitrogen and oxygen atoms in total. The van der Waals surface area contributed by atoms with E-state index in [4.69, 9.17) is 4.74 Å². The molecule has 126 valence electrons. The highest BCUT2D eigenvalue weighted by atomic mass is 79.9. The molecule has 6 heteroatoms. The van der Waals surface area contributed by atoms with Gasteiger partial charge < -0.3 is 10.1 Å². The van der Waals surface area contributed by atoms with Gasteiger partial charge in [0.15, 0.2) is 6.10 Å². The van der Waals surface area contributed by atoms with Crippen molar-refractivity contribution < 1.29 is 18.7 Å². The number of benzene rings is 1. The van der Waals surface area contributed by atoms with E-state index in [1.807, 2.05) is 0 Å². The molecule has 1 aromatic carbocycles. The van der Waals surface area contributed by atoms with E-state index < -0.39 is 17.9 Å². The number of nitrogens with one attached hydrogen (secondary N) is 1. The van der Waals surface area contributed by atoms with Crippen LogP contribution in [0.1, 0.15) is 55.8 Å². The summed E-state index contributed by atoms with van der Waals surface area (Å²) in [6.07, 6.45) is 5.68. The molecule has 1 N–H and O–H groups in total. The summed E-state index contributed by atoms with van der Waals surface area (Å²) < 4.78 is 18.5. The van der Waals surface area contributed by atoms with Crippen LogP contribution in [0.5, 0.6) is 0 Å². The molecule has 1 aliphatic carbocycles. The molecule has 0 bridgehead atoms. The van der Waals surface area contributed by atoms with Crippen molar-refractivity contribution in [3.8, 4) is 0 Å². The van der Waals surface area contributed by atoms with Crippen LogP contribution < -0.4 is 5.32 Å². The maximum Gasteiger partial charge on any atom is 0.340 e. The van der Waals surface area contributed by atoms with Gasteiger partial charge in [-0.1, -0.05) is 25.7 Å². The fourth-order valence-electron chi connectivity index (χ4n) is 2.67. The molecule has 0 unspecified atom stereocenters. The van der Waals surface area contributed by atoms with Crippen LogP contribution >= 0.6 is 15.9 Å². The van der Waals surface area contributed by atoms with Crippen molar-refractivity contribution in [2.75, 3.05) is 0 Å². The second kappa shape index (κ2) is 8.43. The van der Waals surface area contributed by atoms with Gasteiger partial charge in [0.25, 0.3) is 5.91 Å². The molecule has 1 saturated carbocycles. The lowest BCUT2D eigenvalue weighted by molar-refractivity contribution is -0.129. The van der Waals surface area contributed by atoms with Crippen LogP contribution in [0.25, 0.3) is 0 Å². The number of carbonyl (C=O) groups is 2. The highest BCUT2D eigenvalue weighted by molar-refractivity contribution is 9.10. The molecule has 1 fully saturated rings. The number of amides is 1. The highest BCUT2D eigenvalue weighted by Crippen LogP contribution is 2.20. The minimum absolute atomic E-state index is 0.156. The highest BCUT2D eigenvalue weighted by Gasteiger charge is 2.23. The zero-order valence-electron chi connectivity index (χ0n) is 13.1. The number of carbonyl (C=O) groups excluding carboxylic acids is 2. The first-order chi connectivity index (χ1) is 11.0. The summed E-state index contributed by atoms with van der Waals surface area (Å²) in [6.45, 7) is 1.54. The zero-order chi connectivity index (χ0) is 16.8. The number of rotatable bonds is 4. The van der Waals surface area contributed by atoms with Gasteiger partial charge >= 0.3 is 5.97 Å². The van der Waals surface area contributed by atoms with E-state index in [1.54, 1.807) is 6.92 Å². The van der Waals surface area contributed by atoms with Crippen LogP contribution in [-0.2, 0) is 9.53 Å². The average molecular weight is 386 g/mol. The largest absolute Gasteiger partial charge is 0.449 e. The SMILES string of the molecule is C[C@@H](OC(=O)c1ccc(F)cc1Br)C(=O)NC1CCCCCC1. The molecule has 0 spiro atoms. The summed E-state index contributed by atoms with van der Waals surface area (Å²) in [7, 11) is 0. The Kier molecular flexibility index (Phi) is 6.57. The van der Waals surface area contributed by atoms with E-state index in [0.717, 1.165) is 25.7 Å². The third-order valence-electron chi connectivity index (χ3n) is 4.01. The molecule has 0 radical (unpaired) electrons. The van der Waals surface area contributed by atoms with E-state index >= 15 is 0 Å². The van der Waals surface area contributed by atoms with Gasteiger partial charge in [-0.25, -0.2) is 9.18 Å². The van der Waals surface area contributed by atoms with Crippen molar-refractivity contribution >= 4 is 27.8 Å². The van der Waals surface area contributed by atoms with Crippen molar-refractivity contribution in [1.29, 1.82) is 0 Å². The van der Waals surface area contributed by atoms with Crippen LogP contribution in [0.4, 0.5) is 4.39 Å². The Morgan fingerprint density at radius 1 is 1.26 bits per heavy atom. The number of hydrogen-bond donors (Lipinski definition) is 1. The topological polar surface area (TPSA) is 55.4 Å². The quantitative estimate of drug-likeness (QED) is 0.629. The minimum atomic E-state index is -0.886. The molecule has 0 aliphatic heterocycles. The van der Waals surface area contributed by atoms with E-state index in [9.17, 15) is 14.0 Å². The normalized spacial score (nSPS) is 17.2. The van der Waals surface area contributed by atoms with Crippen LogP contribution in [0, 0.1) is 5.82 Å². The van der Waals surface area contributed by atoms with Gasteiger partial charge in [-0.15, -0.1) is 0 Å². The summed E-state index contributed by atoms with van der Waals surface area (Å²) >= 11 is 3.12. The number of esters is 1. The summed E-state index contributed by atoms with van der Waals surface area (Å²) in [4.78, 5) is 24.3. The lowest BCUT2D eigenvalue weighted by Gasteiger charge is -2.19. The maximum atomic E-state index is 13.0. The Hall–Kier alpha value is -1.43. The van der Waals surface area contributed by atoms with E-state index in [0.29, 0.717) is 4.47 Å². The Labute approximate surface area is 143 Å². The second-order valence-electron chi connectivity index (χ2n) is 5.87. The second-order valence-corrected chi connectivity index (χ2v) is 6.72. The molecule has 1 atom stereocenters. The molecular weight excluding hydrogens is 365 g/mol. The molecule has 0 aromatic heterocycles. The summed E-state index contributed by atoms with van der Waals surface area (Å²) in [5, 5.41) is 2.95. The van der Waals surface area contributed by atoms with Gasteiger partial charge in [0.1, 0.15) is 5.82 Å². The van der Waals surface area contributed by atoms with Crippen LogP contribution in [0.15, 0.2) is 22.7 Å². The molecule has 2 rings (SSSR count). The first-order valence-corrected chi connectivity index (χ1v) is 8.73. The van der Waals surface area contributed by atoms with Crippen LogP contribution in [0.3, 0.4) is 0 Å². The van der Waals surface area contributed by atoms with E-state index in [1.165, 1.54) is 31.0 Å². The Bertz CT molecular complexity index is 571. The van der Waals surface area contributed by atoms with E-state index in [-0.39, 0.29) is 17.5 Å². The summed E-state index contributed by atoms with van der Waals surface area (Å²) in [5.74, 6) is -1.39. The van der Waals surface area contributed by atoms with Crippen molar-refractivity contribution in [2.24, 2.45) is 0 Å². The average Bonchev–Trinajstić information content (AvgIpc) is 2.75. The number of hydrogen-bond acceptors (Lipinski definition) is 3. The zero-order valence-corrected chi connectivity index (χ0v) is 14.7. The van der Waals surface area contributed by atoms with Crippen molar-refractivity contribution in [2.45, 2.75) is 57.6 Å². The fourth-order valence-corrected chi connectivity index (χ4v) is 3.19. The lowest BCUT2D eigenvalue weighted by Crippen LogP contribution is -2.41. The van der Waals surface area contributed by atoms with Gasteiger partial charge in [0.05, 0.1) is 5.56 Å². The lowest BCUT2D eigenvalue weighted by atomic mass is 10.1. The third kappa shape index (κ3) is 5.30. The van der Waals surface area contributed by atoms with Crippen molar-refractivity contribution in [1.82, 2.24) is 5.32 Å². The van der Waals surface area contributed by atoms with Gasteiger partial charge in [-0.3, -0.25) is 4.79 Å². The molecule has 1 aromatic rings. The first kappa shape index (κ1) is 17.9. The van der Waals surface area contributed by atoms with Crippen LogP contribution in [-0.4, -0.2) is 24.0 Å². The van der Waals surface area contributed by atoms with Crippen LogP contribution in [0.2, 0.25) is 0 Å². The molecule has 1 amide bonds. The summed E-state index contributed by atoms with van der Waals surface area (Å²) in [6, 6.07) is 3.85. The summed E-state index contributed by atoms with van der Waals surface area (Å²) in [5.41, 5.74) is 0.195. The van der Waals surface area contributed by atoms with Gasteiger partial charge in [0, 0.05) is 10.5 Å². The molecular formula is C17H21BrFNO3. The minimum Gasteiger partial charge on any atom is -0.449 e. The first-order valence-electron chi connectivity index (χ1n) is 7.94. The van der Waals surface area contributed by atoms with Gasteiger partial charge in [-0.2, -0.15) is 0 Å². The monoisotopic (exact) mass is 385 g/mol. The third-order valence-corrected chi connectivity index (χ3v) is 4.66. The number of ether oxygens (including phenoxy) is 1. The molecule has 0 heterocycles. The standard InChI is InChI=1S/C17H21BrFNO3/c1-11(16(21)20-13-6-4-2-3-5-7-13)23-17(22)14-9-8-12(19)10-15(14)18/h8-11,13H,2-7H2,1H3,(H,20,21)/t11-/m1/s1. The predicted octanol–water partition coefficient (Wildman–Crippen LogP) is 3.97. The Morgan fingerprint density at radius 3 is 2.52 bits per heavy atom. The smallest absolute Gasteiger partial charge is 0.340 e. The number of halogens is 2. The van der Waals surface area contributed by atoms with Crippen molar-refractivity contribution in [3.63, 3.8) is 0 Å².